The SMILES string of the molecule is CCN(c1ccc(C(=O)O)c(F)c1)c1ccc(C(C)CCC(C)Oc2cc(N(CC)c3cnc(C(=O)O)cn3)ccc2C(C)C)c(OCC(C)C)c1. The first kappa shape index (κ1) is 39.6. The minimum absolute atomic E-state index is 0.0986. The molecule has 1 aromatic heterocycles. The fourth-order valence-corrected chi connectivity index (χ4v) is 6.07. The smallest absolute Gasteiger partial charge is 0.356 e. The van der Waals surface area contributed by atoms with E-state index in [9.17, 15) is 24.2 Å². The van der Waals surface area contributed by atoms with Crippen molar-refractivity contribution in [2.45, 2.75) is 86.2 Å². The van der Waals surface area contributed by atoms with Gasteiger partial charge < -0.3 is 29.5 Å². The van der Waals surface area contributed by atoms with Crippen LogP contribution in [0.2, 0.25) is 0 Å². The Labute approximate surface area is 306 Å². The van der Waals surface area contributed by atoms with Crippen molar-refractivity contribution < 1.29 is 33.7 Å². The maximum atomic E-state index is 14.6. The molecule has 10 nitrogen and oxygen atoms in total. The molecule has 0 aliphatic rings. The minimum atomic E-state index is -1.30. The number of hydrogen-bond donors (Lipinski definition) is 2. The summed E-state index contributed by atoms with van der Waals surface area (Å²) in [5, 5.41) is 18.5. The van der Waals surface area contributed by atoms with Crippen LogP contribution in [0.3, 0.4) is 0 Å². The highest BCUT2D eigenvalue weighted by atomic mass is 19.1. The highest BCUT2D eigenvalue weighted by molar-refractivity contribution is 5.88. The number of halogens is 1. The number of benzene rings is 3. The maximum absolute atomic E-state index is 14.6. The highest BCUT2D eigenvalue weighted by Gasteiger charge is 2.21. The molecule has 0 saturated carbocycles. The molecule has 0 aliphatic heterocycles. The van der Waals surface area contributed by atoms with Crippen LogP contribution in [0.5, 0.6) is 11.5 Å². The number of aromatic carboxylic acids is 2. The molecule has 3 aromatic carbocycles. The third-order valence-electron chi connectivity index (χ3n) is 8.94. The average molecular weight is 715 g/mol. The molecule has 0 spiro atoms. The van der Waals surface area contributed by atoms with Crippen molar-refractivity contribution in [3.8, 4) is 11.5 Å². The summed E-state index contributed by atoms with van der Waals surface area (Å²) in [7, 11) is 0. The van der Waals surface area contributed by atoms with Gasteiger partial charge in [0.15, 0.2) is 11.5 Å². The second-order valence-electron chi connectivity index (χ2n) is 13.7. The predicted molar refractivity (Wildman–Crippen MR) is 203 cm³/mol. The average Bonchev–Trinajstić information content (AvgIpc) is 3.10. The van der Waals surface area contributed by atoms with E-state index < -0.39 is 17.8 Å². The van der Waals surface area contributed by atoms with Crippen LogP contribution in [0.4, 0.5) is 27.3 Å². The Morgan fingerprint density at radius 2 is 1.37 bits per heavy atom. The Kier molecular flexibility index (Phi) is 13.6. The van der Waals surface area contributed by atoms with Gasteiger partial charge in [-0.2, -0.15) is 0 Å². The topological polar surface area (TPSA) is 125 Å². The van der Waals surface area contributed by atoms with Crippen molar-refractivity contribution in [1.29, 1.82) is 0 Å². The van der Waals surface area contributed by atoms with Gasteiger partial charge in [-0.05, 0) is 92.8 Å². The summed E-state index contributed by atoms with van der Waals surface area (Å²) in [4.78, 5) is 34.9. The number of rotatable bonds is 18. The molecule has 278 valence electrons. The molecule has 11 heteroatoms. The molecule has 52 heavy (non-hydrogen) atoms. The lowest BCUT2D eigenvalue weighted by molar-refractivity contribution is 0.0680. The third kappa shape index (κ3) is 9.77. The Hall–Kier alpha value is -5.19. The number of carboxylic acids is 2. The lowest BCUT2D eigenvalue weighted by Gasteiger charge is -2.27. The Morgan fingerprint density at radius 1 is 0.750 bits per heavy atom. The zero-order valence-electron chi connectivity index (χ0n) is 31.4. The molecule has 0 saturated heterocycles. The number of nitrogens with zero attached hydrogens (tertiary/aromatic N) is 4. The quantitative estimate of drug-likeness (QED) is 0.103. The fourth-order valence-electron chi connectivity index (χ4n) is 6.07. The van der Waals surface area contributed by atoms with Crippen LogP contribution in [0.25, 0.3) is 0 Å². The van der Waals surface area contributed by atoms with E-state index in [-0.39, 0.29) is 29.2 Å². The molecule has 4 aromatic rings. The van der Waals surface area contributed by atoms with E-state index in [2.05, 4.69) is 63.6 Å². The van der Waals surface area contributed by atoms with Crippen molar-refractivity contribution in [3.05, 3.63) is 95.2 Å². The Balaban J connectivity index is 1.53. The first-order valence-electron chi connectivity index (χ1n) is 17.9. The standard InChI is InChI=1S/C41H51FN4O6/c1-9-45(29-15-18-34(40(47)48)35(42)19-29)30-14-17-33(37(20-30)51-24-25(3)4)27(7)11-12-28(8)52-38-21-31(13-16-32(38)26(5)6)46(10-2)39-23-43-36(22-44-39)41(49)50/h13-23,25-28H,9-12,24H2,1-8H3,(H,47,48)(H,49,50). The molecule has 2 N–H and O–H groups in total. The summed E-state index contributed by atoms with van der Waals surface area (Å²) in [5.74, 6) is -0.420. The van der Waals surface area contributed by atoms with E-state index in [4.69, 9.17) is 9.47 Å². The fraction of sp³-hybridized carbons (Fsp3) is 0.415. The number of hydrogen-bond acceptors (Lipinski definition) is 8. The van der Waals surface area contributed by atoms with Crippen molar-refractivity contribution in [1.82, 2.24) is 9.97 Å². The van der Waals surface area contributed by atoms with Gasteiger partial charge in [0.2, 0.25) is 0 Å². The van der Waals surface area contributed by atoms with E-state index >= 15 is 0 Å². The summed E-state index contributed by atoms with van der Waals surface area (Å²) in [6.45, 7) is 18.3. The summed E-state index contributed by atoms with van der Waals surface area (Å²) in [5.41, 5.74) is 3.93. The molecule has 0 aliphatic carbocycles. The predicted octanol–water partition coefficient (Wildman–Crippen LogP) is 9.84. The Morgan fingerprint density at radius 3 is 1.92 bits per heavy atom. The maximum Gasteiger partial charge on any atom is 0.356 e. The molecule has 2 unspecified atom stereocenters. The van der Waals surface area contributed by atoms with Crippen LogP contribution in [0.15, 0.2) is 67.0 Å². The number of anilines is 4. The van der Waals surface area contributed by atoms with E-state index in [0.29, 0.717) is 37.1 Å². The molecular weight excluding hydrogens is 663 g/mol. The first-order valence-corrected chi connectivity index (χ1v) is 17.9. The number of aromatic nitrogens is 2. The van der Waals surface area contributed by atoms with Gasteiger partial charge >= 0.3 is 11.9 Å². The lowest BCUT2D eigenvalue weighted by atomic mass is 9.93. The normalized spacial score (nSPS) is 12.4. The van der Waals surface area contributed by atoms with Gasteiger partial charge in [0.1, 0.15) is 17.3 Å². The van der Waals surface area contributed by atoms with Crippen LogP contribution in [-0.4, -0.2) is 57.9 Å². The first-order chi connectivity index (χ1) is 24.7. The van der Waals surface area contributed by atoms with Crippen LogP contribution in [0, 0.1) is 11.7 Å². The summed E-state index contributed by atoms with van der Waals surface area (Å²) < 4.78 is 27.6. The number of ether oxygens (including phenoxy) is 2. The largest absolute Gasteiger partial charge is 0.493 e. The van der Waals surface area contributed by atoms with Gasteiger partial charge in [0.25, 0.3) is 0 Å². The van der Waals surface area contributed by atoms with Crippen molar-refractivity contribution in [2.24, 2.45) is 5.92 Å². The van der Waals surface area contributed by atoms with Crippen LogP contribution in [-0.2, 0) is 0 Å². The van der Waals surface area contributed by atoms with E-state index in [1.54, 1.807) is 6.07 Å². The lowest BCUT2D eigenvalue weighted by Crippen LogP contribution is -2.19. The van der Waals surface area contributed by atoms with E-state index in [1.807, 2.05) is 47.9 Å². The van der Waals surface area contributed by atoms with Gasteiger partial charge in [-0.3, -0.25) is 0 Å². The monoisotopic (exact) mass is 714 g/mol. The van der Waals surface area contributed by atoms with Gasteiger partial charge in [0.05, 0.1) is 30.7 Å². The zero-order chi connectivity index (χ0) is 38.1. The Bertz CT molecular complexity index is 1830. The molecule has 0 fully saturated rings. The number of carbonyl (C=O) groups is 2. The molecular formula is C41H51FN4O6. The van der Waals surface area contributed by atoms with Gasteiger partial charge in [-0.25, -0.2) is 23.9 Å². The minimum Gasteiger partial charge on any atom is -0.493 e. The van der Waals surface area contributed by atoms with Crippen molar-refractivity contribution in [3.63, 3.8) is 0 Å². The summed E-state index contributed by atoms with van der Waals surface area (Å²) >= 11 is 0. The second-order valence-corrected chi connectivity index (χ2v) is 13.7. The van der Waals surface area contributed by atoms with Crippen molar-refractivity contribution in [2.75, 3.05) is 29.5 Å². The van der Waals surface area contributed by atoms with Crippen molar-refractivity contribution >= 4 is 34.8 Å². The summed E-state index contributed by atoms with van der Waals surface area (Å²) in [6, 6.07) is 16.3. The van der Waals surface area contributed by atoms with Crippen LogP contribution >= 0.6 is 0 Å². The summed E-state index contributed by atoms with van der Waals surface area (Å²) in [6.07, 6.45) is 4.25. The molecule has 0 bridgehead atoms. The molecule has 2 atom stereocenters. The van der Waals surface area contributed by atoms with Crippen LogP contribution < -0.4 is 19.3 Å². The molecule has 0 amide bonds. The zero-order valence-corrected chi connectivity index (χ0v) is 31.4. The molecule has 4 rings (SSSR count). The molecule has 1 heterocycles. The van der Waals surface area contributed by atoms with E-state index in [0.717, 1.165) is 46.8 Å². The van der Waals surface area contributed by atoms with Gasteiger partial charge in [-0.15, -0.1) is 0 Å². The van der Waals surface area contributed by atoms with Crippen LogP contribution in [0.1, 0.15) is 112 Å². The third-order valence-corrected chi connectivity index (χ3v) is 8.94. The van der Waals surface area contributed by atoms with E-state index in [1.165, 1.54) is 24.5 Å². The highest BCUT2D eigenvalue weighted by Crippen LogP contribution is 2.38. The number of carboxylic acid groups (broad SMARTS) is 2. The molecule has 0 radical (unpaired) electrons. The van der Waals surface area contributed by atoms with Gasteiger partial charge in [-0.1, -0.05) is 46.8 Å². The van der Waals surface area contributed by atoms with Gasteiger partial charge in [0, 0.05) is 42.3 Å². The second kappa shape index (κ2) is 17.8.